The first-order chi connectivity index (χ1) is 4.67. The summed E-state index contributed by atoms with van der Waals surface area (Å²) in [6, 6.07) is 0. The third-order valence-corrected chi connectivity index (χ3v) is 2.00. The lowest BCUT2D eigenvalue weighted by Gasteiger charge is -2.03. The van der Waals surface area contributed by atoms with Crippen LogP contribution in [-0.4, -0.2) is 30.8 Å². The summed E-state index contributed by atoms with van der Waals surface area (Å²) >= 11 is 0. The standard InChI is InChI=1S/C3H3F3O4S/c4-3(5,6)11(9,10)1-2(7)8/h1H2,(H,7,8). The molecule has 0 aromatic carbocycles. The van der Waals surface area contributed by atoms with Crippen LogP contribution in [-0.2, 0) is 14.6 Å². The minimum absolute atomic E-state index is 1.92. The van der Waals surface area contributed by atoms with E-state index in [0.29, 0.717) is 0 Å². The van der Waals surface area contributed by atoms with Gasteiger partial charge in [-0.15, -0.1) is 0 Å². The van der Waals surface area contributed by atoms with Crippen LogP contribution in [0.15, 0.2) is 0 Å². The van der Waals surface area contributed by atoms with Crippen LogP contribution in [0.1, 0.15) is 0 Å². The van der Waals surface area contributed by atoms with Crippen molar-refractivity contribution >= 4 is 15.8 Å². The normalized spacial score (nSPS) is 13.0. The maximum atomic E-state index is 11.3. The molecule has 0 bridgehead atoms. The molecule has 0 aliphatic heterocycles. The number of carbonyl (C=O) groups is 1. The van der Waals surface area contributed by atoms with Crippen LogP contribution in [0, 0.1) is 0 Å². The zero-order valence-electron chi connectivity index (χ0n) is 4.92. The quantitative estimate of drug-likeness (QED) is 0.668. The van der Waals surface area contributed by atoms with Gasteiger partial charge in [-0.2, -0.15) is 13.2 Å². The van der Waals surface area contributed by atoms with E-state index in [2.05, 4.69) is 0 Å². The largest absolute Gasteiger partial charge is 0.497 e. The number of alkyl halides is 3. The maximum Gasteiger partial charge on any atom is 0.497 e. The number of rotatable bonds is 2. The van der Waals surface area contributed by atoms with Gasteiger partial charge in [-0.3, -0.25) is 4.79 Å². The Morgan fingerprint density at radius 2 is 1.73 bits per heavy atom. The van der Waals surface area contributed by atoms with Crippen molar-refractivity contribution in [1.82, 2.24) is 0 Å². The molecule has 8 heteroatoms. The fraction of sp³-hybridized carbons (Fsp3) is 0.667. The van der Waals surface area contributed by atoms with E-state index in [0.717, 1.165) is 0 Å². The van der Waals surface area contributed by atoms with Crippen LogP contribution in [0.25, 0.3) is 0 Å². The molecule has 0 fully saturated rings. The molecule has 0 heterocycles. The number of sulfone groups is 1. The molecule has 4 nitrogen and oxygen atoms in total. The Labute approximate surface area is 59.5 Å². The van der Waals surface area contributed by atoms with E-state index in [-0.39, 0.29) is 0 Å². The number of carboxylic acid groups (broad SMARTS) is 1. The molecule has 0 atom stereocenters. The van der Waals surface area contributed by atoms with Gasteiger partial charge in [0.2, 0.25) is 0 Å². The molecule has 1 N–H and O–H groups in total. The molecule has 0 aliphatic rings. The minimum atomic E-state index is -5.50. The molecule has 0 amide bonds. The number of carboxylic acids is 1. The van der Waals surface area contributed by atoms with Gasteiger partial charge in [-0.05, 0) is 0 Å². The van der Waals surface area contributed by atoms with Crippen molar-refractivity contribution in [2.75, 3.05) is 5.75 Å². The number of hydrogen-bond donors (Lipinski definition) is 1. The fourth-order valence-electron chi connectivity index (χ4n) is 0.244. The highest BCUT2D eigenvalue weighted by Crippen LogP contribution is 2.23. The van der Waals surface area contributed by atoms with Gasteiger partial charge in [0.05, 0.1) is 0 Å². The molecule has 11 heavy (non-hydrogen) atoms. The topological polar surface area (TPSA) is 71.4 Å². The second-order valence-electron chi connectivity index (χ2n) is 1.60. The van der Waals surface area contributed by atoms with Crippen molar-refractivity contribution in [2.24, 2.45) is 0 Å². The first-order valence-electron chi connectivity index (χ1n) is 2.17. The SMILES string of the molecule is O=C(O)CS(=O)(=O)C(F)(F)F. The van der Waals surface area contributed by atoms with Crippen LogP contribution in [0.3, 0.4) is 0 Å². The van der Waals surface area contributed by atoms with Crippen molar-refractivity contribution in [3.05, 3.63) is 0 Å². The molecule has 0 aliphatic carbocycles. The van der Waals surface area contributed by atoms with Crippen molar-refractivity contribution < 1.29 is 31.5 Å². The van der Waals surface area contributed by atoms with Crippen molar-refractivity contribution in [3.8, 4) is 0 Å². The molecule has 0 saturated heterocycles. The number of halogens is 3. The Balaban J connectivity index is 4.64. The van der Waals surface area contributed by atoms with Crippen LogP contribution >= 0.6 is 0 Å². The van der Waals surface area contributed by atoms with Crippen LogP contribution in [0.4, 0.5) is 13.2 Å². The second kappa shape index (κ2) is 2.68. The number of hydrogen-bond acceptors (Lipinski definition) is 3. The average Bonchev–Trinajstić information content (AvgIpc) is 1.56. The van der Waals surface area contributed by atoms with E-state index in [9.17, 15) is 26.4 Å². The molecule has 0 spiro atoms. The molecule has 0 unspecified atom stereocenters. The van der Waals surface area contributed by atoms with Crippen LogP contribution < -0.4 is 0 Å². The number of aliphatic carboxylic acids is 1. The van der Waals surface area contributed by atoms with E-state index >= 15 is 0 Å². The lowest BCUT2D eigenvalue weighted by molar-refractivity contribution is -0.134. The van der Waals surface area contributed by atoms with Crippen LogP contribution in [0.2, 0.25) is 0 Å². The highest BCUT2D eigenvalue weighted by Gasteiger charge is 2.46. The Kier molecular flexibility index (Phi) is 2.49. The maximum absolute atomic E-state index is 11.3. The minimum Gasteiger partial charge on any atom is -0.480 e. The second-order valence-corrected chi connectivity index (χ2v) is 3.58. The first-order valence-corrected chi connectivity index (χ1v) is 3.83. The highest BCUT2D eigenvalue weighted by molar-refractivity contribution is 7.92. The smallest absolute Gasteiger partial charge is 0.480 e. The van der Waals surface area contributed by atoms with Gasteiger partial charge in [-0.25, -0.2) is 8.42 Å². The van der Waals surface area contributed by atoms with Gasteiger partial charge >= 0.3 is 11.5 Å². The van der Waals surface area contributed by atoms with E-state index < -0.39 is 27.1 Å². The molecule has 66 valence electrons. The Hall–Kier alpha value is -0.790. The van der Waals surface area contributed by atoms with E-state index in [4.69, 9.17) is 5.11 Å². The summed E-state index contributed by atoms with van der Waals surface area (Å²) < 4.78 is 53.9. The summed E-state index contributed by atoms with van der Waals surface area (Å²) in [5.74, 6) is -3.95. The summed E-state index contributed by atoms with van der Waals surface area (Å²) in [7, 11) is -5.50. The van der Waals surface area contributed by atoms with Crippen molar-refractivity contribution in [2.45, 2.75) is 5.51 Å². The van der Waals surface area contributed by atoms with Crippen molar-refractivity contribution in [3.63, 3.8) is 0 Å². The summed E-state index contributed by atoms with van der Waals surface area (Å²) in [5.41, 5.74) is -5.48. The predicted molar refractivity (Wildman–Crippen MR) is 27.5 cm³/mol. The van der Waals surface area contributed by atoms with Gasteiger partial charge in [0.15, 0.2) is 5.75 Å². The highest BCUT2D eigenvalue weighted by atomic mass is 32.2. The summed E-state index contributed by atoms with van der Waals surface area (Å²) in [6.45, 7) is 0. The Bertz CT molecular complexity index is 250. The third kappa shape index (κ3) is 2.74. The first kappa shape index (κ1) is 10.2. The fourth-order valence-corrected chi connectivity index (χ4v) is 0.733. The Morgan fingerprint density at radius 3 is 1.82 bits per heavy atom. The van der Waals surface area contributed by atoms with E-state index in [1.807, 2.05) is 0 Å². The van der Waals surface area contributed by atoms with Gasteiger partial charge < -0.3 is 5.11 Å². The van der Waals surface area contributed by atoms with Gasteiger partial charge in [0.1, 0.15) is 0 Å². The van der Waals surface area contributed by atoms with Gasteiger partial charge in [0.25, 0.3) is 9.84 Å². The summed E-state index contributed by atoms with van der Waals surface area (Å²) in [5, 5.41) is 7.73. The summed E-state index contributed by atoms with van der Waals surface area (Å²) in [4.78, 5) is 9.58. The van der Waals surface area contributed by atoms with E-state index in [1.165, 1.54) is 0 Å². The summed E-state index contributed by atoms with van der Waals surface area (Å²) in [6.07, 6.45) is 0. The van der Waals surface area contributed by atoms with E-state index in [1.54, 1.807) is 0 Å². The molecular formula is C3H3F3O4S. The zero-order valence-corrected chi connectivity index (χ0v) is 5.74. The molecule has 0 aromatic heterocycles. The van der Waals surface area contributed by atoms with Crippen molar-refractivity contribution in [1.29, 1.82) is 0 Å². The Morgan fingerprint density at radius 1 is 1.36 bits per heavy atom. The van der Waals surface area contributed by atoms with Gasteiger partial charge in [-0.1, -0.05) is 0 Å². The lowest BCUT2D eigenvalue weighted by Crippen LogP contribution is -2.29. The van der Waals surface area contributed by atoms with Crippen LogP contribution in [0.5, 0.6) is 0 Å². The third-order valence-electron chi connectivity index (χ3n) is 0.666. The lowest BCUT2D eigenvalue weighted by atomic mass is 10.8. The molecular weight excluding hydrogens is 189 g/mol. The molecule has 0 radical (unpaired) electrons. The monoisotopic (exact) mass is 192 g/mol. The predicted octanol–water partition coefficient (Wildman–Crippen LogP) is 0.00560. The zero-order chi connectivity index (χ0) is 9.28. The van der Waals surface area contributed by atoms with Gasteiger partial charge in [0, 0.05) is 0 Å². The average molecular weight is 192 g/mol. The molecule has 0 rings (SSSR count). The molecule has 0 saturated carbocycles. The molecule has 0 aromatic rings.